The Morgan fingerprint density at radius 2 is 1.76 bits per heavy atom. The predicted molar refractivity (Wildman–Crippen MR) is 107 cm³/mol. The van der Waals surface area contributed by atoms with Crippen molar-refractivity contribution in [1.29, 1.82) is 0 Å². The summed E-state index contributed by atoms with van der Waals surface area (Å²) in [4.78, 5) is 35.8. The van der Waals surface area contributed by atoms with E-state index in [0.717, 1.165) is 0 Å². The Hall–Kier alpha value is -2.64. The molecule has 6 nitrogen and oxygen atoms in total. The lowest BCUT2D eigenvalue weighted by Crippen LogP contribution is -2.52. The molecule has 2 aromatic rings. The standard InChI is InChI=1S/C20H19Cl2FN2O4/c1-11(26)24-17(8-12-3-2-4-15(23)7-12)19(27)25-18(20(28)29)9-13-5-6-14(21)10-16(13)22/h2-7,10,17-18H,8-9H2,1H3,(H,24,26)(H,25,27)(H,28,29)/t17-,18-/m1/s1. The van der Waals surface area contributed by atoms with Gasteiger partial charge >= 0.3 is 5.97 Å². The molecule has 2 amide bonds. The molecule has 0 saturated carbocycles. The van der Waals surface area contributed by atoms with Gasteiger partial charge in [0.1, 0.15) is 17.9 Å². The van der Waals surface area contributed by atoms with Crippen LogP contribution >= 0.6 is 23.2 Å². The average Bonchev–Trinajstić information content (AvgIpc) is 2.62. The number of carboxylic acid groups (broad SMARTS) is 1. The van der Waals surface area contributed by atoms with Gasteiger partial charge in [0.25, 0.3) is 0 Å². The first-order valence-electron chi connectivity index (χ1n) is 8.64. The number of aliphatic carboxylic acids is 1. The second-order valence-electron chi connectivity index (χ2n) is 6.43. The minimum Gasteiger partial charge on any atom is -0.480 e. The Labute approximate surface area is 177 Å². The molecule has 0 heterocycles. The fourth-order valence-corrected chi connectivity index (χ4v) is 3.22. The molecule has 29 heavy (non-hydrogen) atoms. The number of carbonyl (C=O) groups is 3. The Kier molecular flexibility index (Phi) is 7.99. The van der Waals surface area contributed by atoms with Crippen LogP contribution < -0.4 is 10.6 Å². The predicted octanol–water partition coefficient (Wildman–Crippen LogP) is 2.99. The zero-order valence-electron chi connectivity index (χ0n) is 15.4. The molecule has 2 aromatic carbocycles. The number of rotatable bonds is 8. The number of amides is 2. The summed E-state index contributed by atoms with van der Waals surface area (Å²) in [6, 6.07) is 7.84. The first-order valence-corrected chi connectivity index (χ1v) is 9.40. The van der Waals surface area contributed by atoms with Gasteiger partial charge in [0.05, 0.1) is 0 Å². The van der Waals surface area contributed by atoms with Gasteiger partial charge in [-0.3, -0.25) is 9.59 Å². The maximum atomic E-state index is 13.4. The number of hydrogen-bond donors (Lipinski definition) is 3. The van der Waals surface area contributed by atoms with E-state index in [-0.39, 0.29) is 17.9 Å². The highest BCUT2D eigenvalue weighted by Crippen LogP contribution is 2.22. The van der Waals surface area contributed by atoms with Crippen LogP contribution in [0.25, 0.3) is 0 Å². The molecule has 0 saturated heterocycles. The summed E-state index contributed by atoms with van der Waals surface area (Å²) in [5, 5.41) is 15.0. The highest BCUT2D eigenvalue weighted by atomic mass is 35.5. The van der Waals surface area contributed by atoms with E-state index < -0.39 is 35.7 Å². The van der Waals surface area contributed by atoms with Gasteiger partial charge in [-0.05, 0) is 35.4 Å². The second-order valence-corrected chi connectivity index (χ2v) is 7.27. The molecular formula is C20H19Cl2FN2O4. The Morgan fingerprint density at radius 3 is 2.34 bits per heavy atom. The number of halogens is 3. The smallest absolute Gasteiger partial charge is 0.326 e. The molecule has 0 spiro atoms. The van der Waals surface area contributed by atoms with Crippen LogP contribution in [0.2, 0.25) is 10.0 Å². The lowest BCUT2D eigenvalue weighted by Gasteiger charge is -2.21. The van der Waals surface area contributed by atoms with E-state index in [1.54, 1.807) is 18.2 Å². The fourth-order valence-electron chi connectivity index (χ4n) is 2.73. The van der Waals surface area contributed by atoms with E-state index in [1.165, 1.54) is 31.2 Å². The van der Waals surface area contributed by atoms with Crippen LogP contribution in [0.15, 0.2) is 42.5 Å². The summed E-state index contributed by atoms with van der Waals surface area (Å²) in [6.45, 7) is 1.23. The van der Waals surface area contributed by atoms with Gasteiger partial charge in [0.15, 0.2) is 0 Å². The van der Waals surface area contributed by atoms with Crippen molar-refractivity contribution in [3.8, 4) is 0 Å². The molecule has 0 aliphatic heterocycles. The third kappa shape index (κ3) is 7.03. The number of hydrogen-bond acceptors (Lipinski definition) is 3. The highest BCUT2D eigenvalue weighted by Gasteiger charge is 2.27. The van der Waals surface area contributed by atoms with Crippen molar-refractivity contribution in [2.45, 2.75) is 31.8 Å². The quantitative estimate of drug-likeness (QED) is 0.587. The molecule has 0 unspecified atom stereocenters. The number of carbonyl (C=O) groups excluding carboxylic acids is 2. The van der Waals surface area contributed by atoms with Crippen LogP contribution in [0.5, 0.6) is 0 Å². The molecule has 154 valence electrons. The molecule has 0 radical (unpaired) electrons. The van der Waals surface area contributed by atoms with Gasteiger partial charge in [-0.25, -0.2) is 9.18 Å². The zero-order valence-corrected chi connectivity index (χ0v) is 16.9. The SMILES string of the molecule is CC(=O)N[C@H](Cc1cccc(F)c1)C(=O)N[C@H](Cc1ccc(Cl)cc1Cl)C(=O)O. The van der Waals surface area contributed by atoms with Crippen molar-refractivity contribution < 1.29 is 23.9 Å². The molecule has 0 aliphatic carbocycles. The molecule has 3 N–H and O–H groups in total. The maximum Gasteiger partial charge on any atom is 0.326 e. The van der Waals surface area contributed by atoms with E-state index in [4.69, 9.17) is 23.2 Å². The molecule has 0 bridgehead atoms. The molecule has 2 rings (SSSR count). The molecule has 0 fully saturated rings. The summed E-state index contributed by atoms with van der Waals surface area (Å²) in [5.41, 5.74) is 0.969. The Morgan fingerprint density at radius 1 is 1.03 bits per heavy atom. The van der Waals surface area contributed by atoms with Crippen LogP contribution in [0.3, 0.4) is 0 Å². The van der Waals surface area contributed by atoms with E-state index in [2.05, 4.69) is 10.6 Å². The van der Waals surface area contributed by atoms with E-state index >= 15 is 0 Å². The normalized spacial score (nSPS) is 12.7. The molecule has 9 heteroatoms. The van der Waals surface area contributed by atoms with Crippen molar-refractivity contribution >= 4 is 41.0 Å². The third-order valence-electron chi connectivity index (χ3n) is 4.08. The average molecular weight is 441 g/mol. The summed E-state index contributed by atoms with van der Waals surface area (Å²) in [5.74, 6) is -2.93. The lowest BCUT2D eigenvalue weighted by atomic mass is 10.0. The van der Waals surface area contributed by atoms with Crippen LogP contribution in [0.1, 0.15) is 18.1 Å². The minimum absolute atomic E-state index is 0.00276. The highest BCUT2D eigenvalue weighted by molar-refractivity contribution is 6.35. The van der Waals surface area contributed by atoms with E-state index in [1.807, 2.05) is 0 Å². The van der Waals surface area contributed by atoms with E-state index in [9.17, 15) is 23.9 Å². The van der Waals surface area contributed by atoms with E-state index in [0.29, 0.717) is 16.1 Å². The van der Waals surface area contributed by atoms with Crippen LogP contribution in [0.4, 0.5) is 4.39 Å². The third-order valence-corrected chi connectivity index (χ3v) is 4.66. The van der Waals surface area contributed by atoms with Crippen molar-refractivity contribution in [2.24, 2.45) is 0 Å². The molecule has 2 atom stereocenters. The van der Waals surface area contributed by atoms with Gasteiger partial charge in [-0.1, -0.05) is 41.4 Å². The summed E-state index contributed by atoms with van der Waals surface area (Å²) >= 11 is 11.9. The first-order chi connectivity index (χ1) is 13.7. The van der Waals surface area contributed by atoms with Crippen molar-refractivity contribution in [3.63, 3.8) is 0 Å². The van der Waals surface area contributed by atoms with Gasteiger partial charge in [-0.2, -0.15) is 0 Å². The zero-order chi connectivity index (χ0) is 21.6. The van der Waals surface area contributed by atoms with Crippen molar-refractivity contribution in [2.75, 3.05) is 0 Å². The van der Waals surface area contributed by atoms with Gasteiger partial charge in [0.2, 0.25) is 11.8 Å². The second kappa shape index (κ2) is 10.2. The van der Waals surface area contributed by atoms with Crippen LogP contribution in [-0.4, -0.2) is 35.0 Å². The largest absolute Gasteiger partial charge is 0.480 e. The van der Waals surface area contributed by atoms with Crippen molar-refractivity contribution in [3.05, 3.63) is 69.5 Å². The Balaban J connectivity index is 2.17. The lowest BCUT2D eigenvalue weighted by molar-refractivity contribution is -0.142. The molecule has 0 aromatic heterocycles. The van der Waals surface area contributed by atoms with Crippen LogP contribution in [0, 0.1) is 5.82 Å². The van der Waals surface area contributed by atoms with Gasteiger partial charge in [0, 0.05) is 29.8 Å². The number of nitrogens with one attached hydrogen (secondary N) is 2. The topological polar surface area (TPSA) is 95.5 Å². The minimum atomic E-state index is -1.29. The Bertz CT molecular complexity index is 923. The van der Waals surface area contributed by atoms with Crippen LogP contribution in [-0.2, 0) is 27.2 Å². The first kappa shape index (κ1) is 22.6. The number of benzene rings is 2. The monoisotopic (exact) mass is 440 g/mol. The van der Waals surface area contributed by atoms with Gasteiger partial charge < -0.3 is 15.7 Å². The molecule has 0 aliphatic rings. The molecular weight excluding hydrogens is 422 g/mol. The summed E-state index contributed by atoms with van der Waals surface area (Å²) in [7, 11) is 0. The fraction of sp³-hybridized carbons (Fsp3) is 0.250. The van der Waals surface area contributed by atoms with Crippen molar-refractivity contribution in [1.82, 2.24) is 10.6 Å². The summed E-state index contributed by atoms with van der Waals surface area (Å²) in [6.07, 6.45) is -0.0823. The van der Waals surface area contributed by atoms with Gasteiger partial charge in [-0.15, -0.1) is 0 Å². The summed E-state index contributed by atoms with van der Waals surface area (Å²) < 4.78 is 13.4. The number of carboxylic acids is 1. The maximum absolute atomic E-state index is 13.4.